The van der Waals surface area contributed by atoms with Crippen molar-refractivity contribution in [2.75, 3.05) is 19.5 Å². The molecule has 1 unspecified atom stereocenters. The second-order valence-corrected chi connectivity index (χ2v) is 9.79. The first-order chi connectivity index (χ1) is 18.7. The average Bonchev–Trinajstić information content (AvgIpc) is 2.98. The van der Waals surface area contributed by atoms with Gasteiger partial charge in [-0.15, -0.1) is 0 Å². The summed E-state index contributed by atoms with van der Waals surface area (Å²) in [5.74, 6) is 1.89. The highest BCUT2D eigenvalue weighted by molar-refractivity contribution is 6.04. The van der Waals surface area contributed by atoms with Crippen LogP contribution in [0.3, 0.4) is 0 Å². The highest BCUT2D eigenvalue weighted by Gasteiger charge is 2.20. The van der Waals surface area contributed by atoms with Gasteiger partial charge in [-0.3, -0.25) is 4.99 Å². The Morgan fingerprint density at radius 1 is 0.684 bits per heavy atom. The van der Waals surface area contributed by atoms with Gasteiger partial charge in [0.2, 0.25) is 0 Å². The number of nitrogens with zero attached hydrogens (tertiary/aromatic N) is 1. The van der Waals surface area contributed by atoms with Crippen molar-refractivity contribution in [1.82, 2.24) is 0 Å². The van der Waals surface area contributed by atoms with Crippen molar-refractivity contribution >= 4 is 17.1 Å². The van der Waals surface area contributed by atoms with Gasteiger partial charge in [-0.05, 0) is 115 Å². The van der Waals surface area contributed by atoms with E-state index < -0.39 is 0 Å². The lowest BCUT2D eigenvalue weighted by Gasteiger charge is -2.27. The minimum Gasteiger partial charge on any atom is -0.497 e. The fraction of sp³-hybridized carbons (Fsp3) is 0.265. The molecule has 2 aliphatic carbocycles. The maximum absolute atomic E-state index is 5.31. The maximum atomic E-state index is 5.31. The van der Waals surface area contributed by atoms with E-state index in [-0.39, 0.29) is 0 Å². The van der Waals surface area contributed by atoms with Gasteiger partial charge in [0.25, 0.3) is 0 Å². The molecule has 4 aromatic rings. The van der Waals surface area contributed by atoms with Gasteiger partial charge in [-0.1, -0.05) is 42.5 Å². The number of ether oxygens (including phenoxy) is 2. The Labute approximate surface area is 226 Å². The monoisotopic (exact) mass is 504 g/mol. The van der Waals surface area contributed by atoms with Crippen LogP contribution in [0, 0.1) is 0 Å². The third-order valence-corrected chi connectivity index (χ3v) is 7.28. The van der Waals surface area contributed by atoms with E-state index in [1.165, 1.54) is 46.5 Å². The Hall–Kier alpha value is -4.05. The average molecular weight is 505 g/mol. The quantitative estimate of drug-likeness (QED) is 0.297. The molecule has 0 amide bonds. The molecule has 194 valence electrons. The molecular weight excluding hydrogens is 468 g/mol. The van der Waals surface area contributed by atoms with E-state index in [1.807, 2.05) is 42.5 Å². The van der Waals surface area contributed by atoms with Crippen molar-refractivity contribution in [2.24, 2.45) is 4.99 Å². The van der Waals surface area contributed by atoms with Crippen LogP contribution in [-0.4, -0.2) is 19.9 Å². The molecule has 0 radical (unpaired) electrons. The highest BCUT2D eigenvalue weighted by atomic mass is 16.5. The van der Waals surface area contributed by atoms with Crippen LogP contribution in [0.15, 0.2) is 102 Å². The van der Waals surface area contributed by atoms with Crippen molar-refractivity contribution in [2.45, 2.75) is 44.6 Å². The topological polar surface area (TPSA) is 42.9 Å². The summed E-state index contributed by atoms with van der Waals surface area (Å²) in [6.07, 6.45) is 6.89. The molecule has 0 heterocycles. The summed E-state index contributed by atoms with van der Waals surface area (Å²) in [5.41, 5.74) is 8.86. The summed E-state index contributed by atoms with van der Waals surface area (Å²) < 4.78 is 10.6. The predicted molar refractivity (Wildman–Crippen MR) is 157 cm³/mol. The summed E-state index contributed by atoms with van der Waals surface area (Å²) in [4.78, 5) is 4.79. The van der Waals surface area contributed by atoms with Gasteiger partial charge in [-0.25, -0.2) is 0 Å². The zero-order valence-corrected chi connectivity index (χ0v) is 22.3. The Morgan fingerprint density at radius 2 is 1.34 bits per heavy atom. The SMILES string of the molecule is COc1ccc2c(c1)CCCC2=Nc1ccccc1.COc1ccc2c(c1)CCCC2Nc1ccccc1. The van der Waals surface area contributed by atoms with Crippen LogP contribution >= 0.6 is 0 Å². The number of aliphatic imine (C=N–C) groups is 1. The molecule has 0 aromatic heterocycles. The Bertz CT molecular complexity index is 1370. The van der Waals surface area contributed by atoms with Gasteiger partial charge >= 0.3 is 0 Å². The van der Waals surface area contributed by atoms with E-state index in [0.29, 0.717) is 6.04 Å². The van der Waals surface area contributed by atoms with E-state index in [0.717, 1.165) is 42.9 Å². The molecule has 4 heteroatoms. The maximum Gasteiger partial charge on any atom is 0.119 e. The Morgan fingerprint density at radius 3 is 2.08 bits per heavy atom. The summed E-state index contributed by atoms with van der Waals surface area (Å²) in [6.45, 7) is 0. The van der Waals surface area contributed by atoms with Crippen molar-refractivity contribution in [3.63, 3.8) is 0 Å². The van der Waals surface area contributed by atoms with Gasteiger partial charge in [-0.2, -0.15) is 0 Å². The number of aryl methyl sites for hydroxylation is 2. The second kappa shape index (κ2) is 12.5. The summed E-state index contributed by atoms with van der Waals surface area (Å²) >= 11 is 0. The number of fused-ring (bicyclic) bond motifs is 2. The Balaban J connectivity index is 0.000000155. The molecule has 0 spiro atoms. The standard InChI is InChI=1S/C17H19NO.C17H17NO/c2*1-19-15-10-11-16-13(12-15)6-5-9-17(16)18-14-7-3-2-4-8-14/h2-4,7-8,10-12,17-18H,5-6,9H2,1H3;2-4,7-8,10-12H,5-6,9H2,1H3. The molecule has 1 atom stereocenters. The summed E-state index contributed by atoms with van der Waals surface area (Å²) in [5, 5.41) is 3.63. The highest BCUT2D eigenvalue weighted by Crippen LogP contribution is 2.34. The fourth-order valence-electron chi connectivity index (χ4n) is 5.34. The van der Waals surface area contributed by atoms with Gasteiger partial charge < -0.3 is 14.8 Å². The van der Waals surface area contributed by atoms with E-state index in [1.54, 1.807) is 14.2 Å². The second-order valence-electron chi connectivity index (χ2n) is 9.79. The molecule has 4 nitrogen and oxygen atoms in total. The lowest BCUT2D eigenvalue weighted by Crippen LogP contribution is -2.17. The molecule has 0 fully saturated rings. The molecule has 2 aliphatic rings. The Kier molecular flexibility index (Phi) is 8.39. The number of methoxy groups -OCH3 is 2. The molecule has 0 bridgehead atoms. The minimum atomic E-state index is 0.414. The number of para-hydroxylation sites is 2. The molecule has 38 heavy (non-hydrogen) atoms. The third-order valence-electron chi connectivity index (χ3n) is 7.28. The third kappa shape index (κ3) is 6.25. The van der Waals surface area contributed by atoms with Crippen LogP contribution in [0.25, 0.3) is 0 Å². The van der Waals surface area contributed by atoms with Crippen LogP contribution < -0.4 is 14.8 Å². The van der Waals surface area contributed by atoms with Crippen molar-refractivity contribution in [3.05, 3.63) is 119 Å². The molecule has 6 rings (SSSR count). The van der Waals surface area contributed by atoms with E-state index in [4.69, 9.17) is 14.5 Å². The zero-order chi connectivity index (χ0) is 26.2. The van der Waals surface area contributed by atoms with Crippen molar-refractivity contribution < 1.29 is 9.47 Å². The number of rotatable bonds is 5. The molecular formula is C34H36N2O2. The van der Waals surface area contributed by atoms with E-state index in [2.05, 4.69) is 59.9 Å². The lowest BCUT2D eigenvalue weighted by atomic mass is 9.87. The van der Waals surface area contributed by atoms with Crippen LogP contribution in [0.2, 0.25) is 0 Å². The number of nitrogens with one attached hydrogen (secondary N) is 1. The fourth-order valence-corrected chi connectivity index (χ4v) is 5.34. The number of benzene rings is 4. The molecule has 0 saturated carbocycles. The van der Waals surface area contributed by atoms with Gasteiger partial charge in [0.05, 0.1) is 25.9 Å². The minimum absolute atomic E-state index is 0.414. The first-order valence-electron chi connectivity index (χ1n) is 13.5. The van der Waals surface area contributed by atoms with Crippen molar-refractivity contribution in [1.29, 1.82) is 0 Å². The van der Waals surface area contributed by atoms with Crippen LogP contribution in [-0.2, 0) is 12.8 Å². The molecule has 0 saturated heterocycles. The normalized spacial score (nSPS) is 16.9. The van der Waals surface area contributed by atoms with Gasteiger partial charge in [0.15, 0.2) is 0 Å². The number of hydrogen-bond acceptors (Lipinski definition) is 4. The van der Waals surface area contributed by atoms with Crippen LogP contribution in [0.4, 0.5) is 11.4 Å². The van der Waals surface area contributed by atoms with E-state index in [9.17, 15) is 0 Å². The van der Waals surface area contributed by atoms with Gasteiger partial charge in [0.1, 0.15) is 11.5 Å². The van der Waals surface area contributed by atoms with Crippen LogP contribution in [0.5, 0.6) is 11.5 Å². The van der Waals surface area contributed by atoms with E-state index >= 15 is 0 Å². The summed E-state index contributed by atoms with van der Waals surface area (Å²) in [6, 6.07) is 33.7. The largest absolute Gasteiger partial charge is 0.497 e. The number of anilines is 1. The smallest absolute Gasteiger partial charge is 0.119 e. The van der Waals surface area contributed by atoms with Crippen LogP contribution in [0.1, 0.15) is 54.0 Å². The predicted octanol–water partition coefficient (Wildman–Crippen LogP) is 8.34. The lowest BCUT2D eigenvalue weighted by molar-refractivity contribution is 0.413. The molecule has 0 aliphatic heterocycles. The molecule has 4 aromatic carbocycles. The zero-order valence-electron chi connectivity index (χ0n) is 22.3. The van der Waals surface area contributed by atoms with Crippen molar-refractivity contribution in [3.8, 4) is 11.5 Å². The molecule has 1 N–H and O–H groups in total. The first-order valence-corrected chi connectivity index (χ1v) is 13.5. The number of hydrogen-bond donors (Lipinski definition) is 1. The first kappa shape index (κ1) is 25.6. The summed E-state index contributed by atoms with van der Waals surface area (Å²) in [7, 11) is 3.44. The van der Waals surface area contributed by atoms with Gasteiger partial charge in [0, 0.05) is 11.4 Å².